The number of esters is 1. The van der Waals surface area contributed by atoms with E-state index in [1.165, 1.54) is 12.1 Å². The molecule has 0 bridgehead atoms. The molecular weight excluding hydrogens is 389 g/mol. The van der Waals surface area contributed by atoms with Crippen LogP contribution in [0.3, 0.4) is 0 Å². The minimum absolute atomic E-state index is 0.102. The lowest BCUT2D eigenvalue weighted by Gasteiger charge is -2.23. The molecule has 170 valence electrons. The van der Waals surface area contributed by atoms with Crippen molar-refractivity contribution in [1.29, 1.82) is 0 Å². The summed E-state index contributed by atoms with van der Waals surface area (Å²) in [5.41, 5.74) is 0.471. The maximum absolute atomic E-state index is 12.1. The normalized spacial score (nSPS) is 22.4. The van der Waals surface area contributed by atoms with Crippen LogP contribution in [0.5, 0.6) is 0 Å². The zero-order valence-electron chi connectivity index (χ0n) is 19.0. The number of rotatable bonds is 3. The molecule has 1 aliphatic rings. The monoisotopic (exact) mass is 425 g/mol. The number of nitrogens with one attached hydrogen (secondary N) is 1. The van der Waals surface area contributed by atoms with Crippen molar-refractivity contribution in [3.63, 3.8) is 0 Å². The number of hydrogen-bond donors (Lipinski definition) is 1. The molecule has 1 saturated heterocycles. The fraction of sp³-hybridized carbons (Fsp3) is 0.652. The Labute approximate surface area is 179 Å². The van der Waals surface area contributed by atoms with Crippen molar-refractivity contribution in [3.8, 4) is 0 Å². The lowest BCUT2D eigenvalue weighted by molar-refractivity contribution is -0.151. The Balaban J connectivity index is 0.000000467. The van der Waals surface area contributed by atoms with Gasteiger partial charge in [-0.25, -0.2) is 14.0 Å². The summed E-state index contributed by atoms with van der Waals surface area (Å²) in [4.78, 5) is 23.9. The van der Waals surface area contributed by atoms with Gasteiger partial charge in [0.1, 0.15) is 11.4 Å². The van der Waals surface area contributed by atoms with E-state index in [9.17, 15) is 14.0 Å². The Bertz CT molecular complexity index is 636. The summed E-state index contributed by atoms with van der Waals surface area (Å²) in [5.74, 6) is -0.279. The van der Waals surface area contributed by atoms with Crippen molar-refractivity contribution in [2.45, 2.75) is 78.6 Å². The number of aryl methyl sites for hydroxylation is 1. The molecule has 3 atom stereocenters. The Morgan fingerprint density at radius 3 is 2.40 bits per heavy atom. The molecule has 0 saturated carbocycles. The van der Waals surface area contributed by atoms with Crippen molar-refractivity contribution in [3.05, 3.63) is 35.6 Å². The van der Waals surface area contributed by atoms with E-state index in [0.29, 0.717) is 12.5 Å². The molecule has 1 heterocycles. The van der Waals surface area contributed by atoms with Crippen LogP contribution in [0.15, 0.2) is 24.3 Å². The predicted molar refractivity (Wildman–Crippen MR) is 114 cm³/mol. The van der Waals surface area contributed by atoms with E-state index in [4.69, 9.17) is 14.2 Å². The standard InChI is InChI=1S/C16H29NO5.C7H7F/c1-6-7-12-8-11(2)21-14(18)13(10-20-9-12)17-15(19)22-16(3,4)5;1-6-2-4-7(8)5-3-6/h11-13H,6-10H2,1-5H3,(H,17,19);2-5H,1H3/t11?,12?,13-;/m0./s1. The number of carbonyl (C=O) groups is 2. The number of cyclic esters (lactones) is 1. The molecule has 1 aliphatic heterocycles. The van der Waals surface area contributed by atoms with Crippen LogP contribution in [-0.2, 0) is 19.0 Å². The Morgan fingerprint density at radius 1 is 1.23 bits per heavy atom. The first-order chi connectivity index (χ1) is 14.0. The predicted octanol–water partition coefficient (Wildman–Crippen LogP) is 4.78. The van der Waals surface area contributed by atoms with E-state index in [0.717, 1.165) is 24.8 Å². The Morgan fingerprint density at radius 2 is 1.87 bits per heavy atom. The van der Waals surface area contributed by atoms with Crippen molar-refractivity contribution in [2.24, 2.45) is 5.92 Å². The fourth-order valence-corrected chi connectivity index (χ4v) is 2.98. The first-order valence-electron chi connectivity index (χ1n) is 10.5. The number of alkyl carbamates (subject to hydrolysis) is 1. The van der Waals surface area contributed by atoms with Gasteiger partial charge in [0, 0.05) is 6.61 Å². The minimum atomic E-state index is -0.835. The van der Waals surface area contributed by atoms with Gasteiger partial charge in [-0.2, -0.15) is 0 Å². The molecule has 2 rings (SSSR count). The summed E-state index contributed by atoms with van der Waals surface area (Å²) >= 11 is 0. The maximum atomic E-state index is 12.1. The molecule has 6 nitrogen and oxygen atoms in total. The average Bonchev–Trinajstić information content (AvgIpc) is 2.67. The van der Waals surface area contributed by atoms with E-state index >= 15 is 0 Å². The highest BCUT2D eigenvalue weighted by Crippen LogP contribution is 2.18. The first-order valence-corrected chi connectivity index (χ1v) is 10.5. The van der Waals surface area contributed by atoms with Crippen LogP contribution in [-0.4, -0.2) is 43.0 Å². The molecule has 1 fully saturated rings. The van der Waals surface area contributed by atoms with Gasteiger partial charge in [-0.3, -0.25) is 0 Å². The Kier molecular flexibility index (Phi) is 10.8. The smallest absolute Gasteiger partial charge is 0.408 e. The van der Waals surface area contributed by atoms with Gasteiger partial charge in [0.2, 0.25) is 0 Å². The third-order valence-corrected chi connectivity index (χ3v) is 4.30. The van der Waals surface area contributed by atoms with Crippen molar-refractivity contribution >= 4 is 12.1 Å². The van der Waals surface area contributed by atoms with Crippen LogP contribution in [0.25, 0.3) is 0 Å². The molecule has 2 unspecified atom stereocenters. The number of ether oxygens (including phenoxy) is 3. The molecule has 7 heteroatoms. The summed E-state index contributed by atoms with van der Waals surface area (Å²) < 4.78 is 28.3. The number of halogens is 1. The number of amides is 1. The lowest BCUT2D eigenvalue weighted by Crippen LogP contribution is -2.47. The van der Waals surface area contributed by atoms with Crippen LogP contribution in [0, 0.1) is 18.7 Å². The molecule has 1 aromatic rings. The van der Waals surface area contributed by atoms with Crippen LogP contribution >= 0.6 is 0 Å². The molecule has 1 aromatic carbocycles. The van der Waals surface area contributed by atoms with E-state index in [1.54, 1.807) is 32.9 Å². The number of carbonyl (C=O) groups excluding carboxylic acids is 2. The quantitative estimate of drug-likeness (QED) is 0.706. The van der Waals surface area contributed by atoms with Crippen LogP contribution < -0.4 is 5.32 Å². The minimum Gasteiger partial charge on any atom is -0.461 e. The zero-order chi connectivity index (χ0) is 22.7. The Hall–Kier alpha value is -2.15. The van der Waals surface area contributed by atoms with Gasteiger partial charge in [-0.15, -0.1) is 0 Å². The fourth-order valence-electron chi connectivity index (χ4n) is 2.98. The highest BCUT2D eigenvalue weighted by atomic mass is 19.1. The van der Waals surface area contributed by atoms with Gasteiger partial charge in [0.05, 0.1) is 12.7 Å². The van der Waals surface area contributed by atoms with Gasteiger partial charge < -0.3 is 19.5 Å². The third-order valence-electron chi connectivity index (χ3n) is 4.30. The van der Waals surface area contributed by atoms with Crippen LogP contribution in [0.2, 0.25) is 0 Å². The highest BCUT2D eigenvalue weighted by molar-refractivity contribution is 5.81. The van der Waals surface area contributed by atoms with E-state index in [2.05, 4.69) is 12.2 Å². The van der Waals surface area contributed by atoms with Gasteiger partial charge in [0.15, 0.2) is 6.04 Å². The third kappa shape index (κ3) is 11.1. The van der Waals surface area contributed by atoms with E-state index in [-0.39, 0.29) is 18.5 Å². The second-order valence-electron chi connectivity index (χ2n) is 8.67. The van der Waals surface area contributed by atoms with Gasteiger partial charge in [-0.05, 0) is 65.5 Å². The molecule has 0 spiro atoms. The summed E-state index contributed by atoms with van der Waals surface area (Å²) in [7, 11) is 0. The SMILES string of the molecule is CCCC1COC[C@H](NC(=O)OC(C)(C)C)C(=O)OC(C)C1.Cc1ccc(F)cc1. The van der Waals surface area contributed by atoms with E-state index in [1.807, 2.05) is 13.8 Å². The average molecular weight is 426 g/mol. The number of benzene rings is 1. The first kappa shape index (κ1) is 25.9. The molecule has 0 aliphatic carbocycles. The topological polar surface area (TPSA) is 73.9 Å². The second-order valence-corrected chi connectivity index (χ2v) is 8.67. The lowest BCUT2D eigenvalue weighted by atomic mass is 9.98. The highest BCUT2D eigenvalue weighted by Gasteiger charge is 2.29. The van der Waals surface area contributed by atoms with Crippen LogP contribution in [0.1, 0.15) is 59.4 Å². The molecule has 1 N–H and O–H groups in total. The number of hydrogen-bond acceptors (Lipinski definition) is 5. The summed E-state index contributed by atoms with van der Waals surface area (Å²) in [6.45, 7) is 11.9. The molecule has 1 amide bonds. The van der Waals surface area contributed by atoms with Crippen molar-refractivity contribution in [1.82, 2.24) is 5.32 Å². The van der Waals surface area contributed by atoms with E-state index < -0.39 is 23.7 Å². The maximum Gasteiger partial charge on any atom is 0.408 e. The van der Waals surface area contributed by atoms with Gasteiger partial charge >= 0.3 is 12.1 Å². The van der Waals surface area contributed by atoms with Crippen LogP contribution in [0.4, 0.5) is 9.18 Å². The van der Waals surface area contributed by atoms with Crippen molar-refractivity contribution in [2.75, 3.05) is 13.2 Å². The molecule has 30 heavy (non-hydrogen) atoms. The molecule has 0 radical (unpaired) electrons. The van der Waals surface area contributed by atoms with Gasteiger partial charge in [0.25, 0.3) is 0 Å². The van der Waals surface area contributed by atoms with Gasteiger partial charge in [-0.1, -0.05) is 31.0 Å². The molecular formula is C23H36FNO5. The summed E-state index contributed by atoms with van der Waals surface area (Å²) in [6.07, 6.45) is 2.04. The summed E-state index contributed by atoms with van der Waals surface area (Å²) in [6, 6.07) is 5.56. The molecule has 0 aromatic heterocycles. The largest absolute Gasteiger partial charge is 0.461 e. The summed E-state index contributed by atoms with van der Waals surface area (Å²) in [5, 5.41) is 2.53. The zero-order valence-corrected chi connectivity index (χ0v) is 19.0. The second kappa shape index (κ2) is 12.5. The van der Waals surface area contributed by atoms with Crippen molar-refractivity contribution < 1.29 is 28.2 Å².